The van der Waals surface area contributed by atoms with Gasteiger partial charge in [-0.25, -0.2) is 0 Å². The third-order valence-electron chi connectivity index (χ3n) is 4.62. The molecule has 0 bridgehead atoms. The molecule has 1 fully saturated rings. The fourth-order valence-electron chi connectivity index (χ4n) is 3.45. The number of likely N-dealkylation sites (tertiary alicyclic amines) is 1. The average Bonchev–Trinajstić information content (AvgIpc) is 2.94. The van der Waals surface area contributed by atoms with Crippen LogP contribution in [-0.4, -0.2) is 44.5 Å². The van der Waals surface area contributed by atoms with Crippen LogP contribution in [0.3, 0.4) is 0 Å². The predicted octanol–water partition coefficient (Wildman–Crippen LogP) is 2.17. The number of methoxy groups -OCH3 is 2. The molecule has 4 nitrogen and oxygen atoms in total. The molecule has 1 aliphatic carbocycles. The van der Waals surface area contributed by atoms with Crippen molar-refractivity contribution in [2.24, 2.45) is 0 Å². The molecule has 112 valence electrons. The molecule has 1 aliphatic heterocycles. The summed E-state index contributed by atoms with van der Waals surface area (Å²) in [5.41, 5.74) is 0.447. The second kappa shape index (κ2) is 5.19. The number of nitrogens with zero attached hydrogens (tertiary/aromatic N) is 1. The Morgan fingerprint density at radius 1 is 1.33 bits per heavy atom. The van der Waals surface area contributed by atoms with Crippen LogP contribution in [0.4, 0.5) is 0 Å². The predicted molar refractivity (Wildman–Crippen MR) is 81.0 cm³/mol. The monoisotopic (exact) mass is 290 g/mol. The Kier molecular flexibility index (Phi) is 2.68. The Morgan fingerprint density at radius 2 is 2.14 bits per heavy atom. The van der Waals surface area contributed by atoms with Crippen molar-refractivity contribution < 1.29 is 18.4 Å². The van der Waals surface area contributed by atoms with E-state index < -0.39 is 12.4 Å². The lowest BCUT2D eigenvalue weighted by Gasteiger charge is -2.37. The molecule has 2 atom stereocenters. The average molecular weight is 290 g/mol. The van der Waals surface area contributed by atoms with Gasteiger partial charge < -0.3 is 14.4 Å². The van der Waals surface area contributed by atoms with E-state index in [0.717, 1.165) is 5.56 Å². The van der Waals surface area contributed by atoms with Crippen LogP contribution in [0.1, 0.15) is 22.5 Å². The van der Waals surface area contributed by atoms with E-state index >= 15 is 0 Å². The zero-order chi connectivity index (χ0) is 17.5. The molecule has 1 aromatic carbocycles. The summed E-state index contributed by atoms with van der Waals surface area (Å²) in [5, 5.41) is 0. The summed E-state index contributed by atoms with van der Waals surface area (Å²) >= 11 is 0. The van der Waals surface area contributed by atoms with Gasteiger partial charge in [-0.3, -0.25) is 4.79 Å². The zero-order valence-electron chi connectivity index (χ0n) is 15.3. The molecule has 1 heterocycles. The minimum atomic E-state index is -2.21. The van der Waals surface area contributed by atoms with E-state index in [1.165, 1.54) is 4.90 Å². The van der Waals surface area contributed by atoms with Gasteiger partial charge in [-0.15, -0.1) is 0 Å². The molecule has 0 N–H and O–H groups in total. The Bertz CT molecular complexity index is 686. The molecule has 3 rings (SSSR count). The summed E-state index contributed by atoms with van der Waals surface area (Å²) in [7, 11) is 3.14. The van der Waals surface area contributed by atoms with Crippen molar-refractivity contribution >= 4 is 5.78 Å². The van der Waals surface area contributed by atoms with E-state index in [9.17, 15) is 4.79 Å². The number of carbonyl (C=O) groups is 1. The summed E-state index contributed by atoms with van der Waals surface area (Å²) in [5.74, 6) is 1.18. The van der Waals surface area contributed by atoms with E-state index in [1.807, 2.05) is 24.3 Å². The van der Waals surface area contributed by atoms with Gasteiger partial charge >= 0.3 is 0 Å². The van der Waals surface area contributed by atoms with Crippen LogP contribution in [0.15, 0.2) is 30.4 Å². The van der Waals surface area contributed by atoms with Crippen LogP contribution >= 0.6 is 0 Å². The second-order valence-corrected chi connectivity index (χ2v) is 5.57. The number of hydrogen-bond acceptors (Lipinski definition) is 4. The molecule has 0 saturated carbocycles. The third-order valence-corrected chi connectivity index (χ3v) is 4.62. The highest BCUT2D eigenvalue weighted by Crippen LogP contribution is 2.46. The van der Waals surface area contributed by atoms with Crippen molar-refractivity contribution in [3.8, 4) is 11.5 Å². The Hall–Kier alpha value is -1.81. The lowest BCUT2D eigenvalue weighted by molar-refractivity contribution is -0.116. The standard InChI is InChI=1S/C17H21NO3/c1-18-9-8-17(7-6-13(19)11-16(17)18)12-4-5-14(20-2)15(10-12)21-3/h4-7,10,16H,8-9,11H2,1-3H3/i1D3. The number of ether oxygens (including phenoxy) is 2. The van der Waals surface area contributed by atoms with Gasteiger partial charge in [-0.2, -0.15) is 0 Å². The molecule has 0 amide bonds. The normalized spacial score (nSPS) is 31.2. The largest absolute Gasteiger partial charge is 0.493 e. The Morgan fingerprint density at radius 3 is 2.86 bits per heavy atom. The minimum Gasteiger partial charge on any atom is -0.493 e. The summed E-state index contributed by atoms with van der Waals surface area (Å²) in [6.07, 6.45) is 4.31. The summed E-state index contributed by atoms with van der Waals surface area (Å²) in [6, 6.07) is 5.26. The molecule has 1 aromatic rings. The van der Waals surface area contributed by atoms with Gasteiger partial charge in [0, 0.05) is 22.0 Å². The lowest BCUT2D eigenvalue weighted by atomic mass is 9.69. The van der Waals surface area contributed by atoms with Crippen LogP contribution < -0.4 is 9.47 Å². The highest BCUT2D eigenvalue weighted by atomic mass is 16.5. The van der Waals surface area contributed by atoms with Gasteiger partial charge in [0.1, 0.15) is 0 Å². The van der Waals surface area contributed by atoms with Gasteiger partial charge in [-0.05, 0) is 43.7 Å². The topological polar surface area (TPSA) is 38.8 Å². The number of rotatable bonds is 3. The fourth-order valence-corrected chi connectivity index (χ4v) is 3.45. The van der Waals surface area contributed by atoms with E-state index in [-0.39, 0.29) is 18.2 Å². The first-order chi connectivity index (χ1) is 11.3. The molecular weight excluding hydrogens is 266 g/mol. The summed E-state index contributed by atoms with van der Waals surface area (Å²) in [4.78, 5) is 13.4. The van der Waals surface area contributed by atoms with Gasteiger partial charge in [-0.1, -0.05) is 12.1 Å². The van der Waals surface area contributed by atoms with Crippen LogP contribution in [0.2, 0.25) is 0 Å². The second-order valence-electron chi connectivity index (χ2n) is 5.57. The molecule has 4 heteroatoms. The number of fused-ring (bicyclic) bond motifs is 1. The van der Waals surface area contributed by atoms with Crippen molar-refractivity contribution in [3.05, 3.63) is 35.9 Å². The first-order valence-corrected chi connectivity index (χ1v) is 7.03. The maximum absolute atomic E-state index is 11.9. The molecule has 1 saturated heterocycles. The number of hydrogen-bond donors (Lipinski definition) is 0. The van der Waals surface area contributed by atoms with Crippen molar-refractivity contribution in [1.29, 1.82) is 0 Å². The maximum Gasteiger partial charge on any atom is 0.161 e. The van der Waals surface area contributed by atoms with Crippen molar-refractivity contribution in [2.45, 2.75) is 24.3 Å². The minimum absolute atomic E-state index is 0.0350. The Labute approximate surface area is 129 Å². The lowest BCUT2D eigenvalue weighted by Crippen LogP contribution is -2.43. The number of allylic oxidation sites excluding steroid dienone is 1. The first-order valence-electron chi connectivity index (χ1n) is 8.53. The molecule has 21 heavy (non-hydrogen) atoms. The molecule has 0 spiro atoms. The van der Waals surface area contributed by atoms with Crippen LogP contribution in [0.5, 0.6) is 11.5 Å². The quantitative estimate of drug-likeness (QED) is 0.855. The third kappa shape index (κ3) is 2.14. The fraction of sp³-hybridized carbons (Fsp3) is 0.471. The van der Waals surface area contributed by atoms with Gasteiger partial charge in [0.25, 0.3) is 0 Å². The highest BCUT2D eigenvalue weighted by Gasteiger charge is 2.48. The molecule has 0 radical (unpaired) electrons. The van der Waals surface area contributed by atoms with Gasteiger partial charge in [0.15, 0.2) is 17.3 Å². The molecule has 2 unspecified atom stereocenters. The SMILES string of the molecule is [2H]C([2H])([2H])N1CCC2(c3ccc(OC)c(OC)c3)C=CC(=O)CC12. The first kappa shape index (κ1) is 10.9. The van der Waals surface area contributed by atoms with E-state index in [2.05, 4.69) is 0 Å². The maximum atomic E-state index is 11.9. The molecule has 0 aromatic heterocycles. The van der Waals surface area contributed by atoms with Crippen LogP contribution in [0, 0.1) is 0 Å². The highest BCUT2D eigenvalue weighted by molar-refractivity contribution is 5.92. The van der Waals surface area contributed by atoms with Gasteiger partial charge in [0.2, 0.25) is 0 Å². The number of likely N-dealkylation sites (N-methyl/N-ethyl adjacent to an activating group) is 1. The number of carbonyl (C=O) groups excluding carboxylic acids is 1. The van der Waals surface area contributed by atoms with Crippen molar-refractivity contribution in [1.82, 2.24) is 4.90 Å². The van der Waals surface area contributed by atoms with Crippen LogP contribution in [0.25, 0.3) is 0 Å². The van der Waals surface area contributed by atoms with E-state index in [1.54, 1.807) is 20.3 Å². The Balaban J connectivity index is 2.10. The number of ketones is 1. The summed E-state index contributed by atoms with van der Waals surface area (Å²) < 4.78 is 34.0. The zero-order valence-corrected chi connectivity index (χ0v) is 12.3. The molecular formula is C17H21NO3. The van der Waals surface area contributed by atoms with Crippen molar-refractivity contribution in [2.75, 3.05) is 27.7 Å². The van der Waals surface area contributed by atoms with Crippen molar-refractivity contribution in [3.63, 3.8) is 0 Å². The summed E-state index contributed by atoms with van der Waals surface area (Å²) in [6.45, 7) is -1.79. The van der Waals surface area contributed by atoms with E-state index in [0.29, 0.717) is 24.5 Å². The van der Waals surface area contributed by atoms with E-state index in [4.69, 9.17) is 13.6 Å². The van der Waals surface area contributed by atoms with Gasteiger partial charge in [0.05, 0.1) is 14.2 Å². The molecule has 2 aliphatic rings. The van der Waals surface area contributed by atoms with Crippen LogP contribution in [-0.2, 0) is 10.2 Å². The number of benzene rings is 1. The smallest absolute Gasteiger partial charge is 0.161 e.